The van der Waals surface area contributed by atoms with Gasteiger partial charge in [-0.05, 0) is 33.3 Å². The van der Waals surface area contributed by atoms with Crippen LogP contribution in [-0.2, 0) is 26.6 Å². The molecule has 3 rings (SSSR count). The molecule has 0 radical (unpaired) electrons. The Morgan fingerprint density at radius 1 is 1.23 bits per heavy atom. The number of thioether (sulfide) groups is 1. The molecule has 0 spiro atoms. The third kappa shape index (κ3) is 4.73. The van der Waals surface area contributed by atoms with Gasteiger partial charge >= 0.3 is 11.9 Å². The van der Waals surface area contributed by atoms with Gasteiger partial charge in [-0.1, -0.05) is 5.16 Å². The molecule has 0 bridgehead atoms. The van der Waals surface area contributed by atoms with E-state index in [9.17, 15) is 14.4 Å². The van der Waals surface area contributed by atoms with Crippen LogP contribution in [0.1, 0.15) is 45.0 Å². The second-order valence-corrected chi connectivity index (χ2v) is 8.41. The van der Waals surface area contributed by atoms with Crippen LogP contribution in [0.25, 0.3) is 10.2 Å². The van der Waals surface area contributed by atoms with Gasteiger partial charge in [0.05, 0.1) is 34.8 Å². The molecule has 0 aliphatic carbocycles. The highest BCUT2D eigenvalue weighted by Crippen LogP contribution is 2.28. The van der Waals surface area contributed by atoms with Gasteiger partial charge in [-0.15, -0.1) is 23.1 Å². The first-order valence-corrected chi connectivity index (χ1v) is 11.1. The largest absolute Gasteiger partial charge is 0.462 e. The van der Waals surface area contributed by atoms with Crippen LogP contribution in [0.15, 0.2) is 9.32 Å². The van der Waals surface area contributed by atoms with E-state index >= 15 is 0 Å². The summed E-state index contributed by atoms with van der Waals surface area (Å²) < 4.78 is 15.3. The SMILES string of the molecule is CCOC(=O)c1sc2nc(CSCC(=O)OCc3c(C)noc3C)[nH]c(=O)c2c1C. The number of ether oxygens (including phenoxy) is 2. The first-order valence-electron chi connectivity index (χ1n) is 9.16. The summed E-state index contributed by atoms with van der Waals surface area (Å²) in [5, 5.41) is 4.20. The average molecular weight is 452 g/mol. The minimum atomic E-state index is -0.464. The van der Waals surface area contributed by atoms with Crippen molar-refractivity contribution in [3.63, 3.8) is 0 Å². The smallest absolute Gasteiger partial charge is 0.348 e. The second-order valence-electron chi connectivity index (χ2n) is 6.43. The monoisotopic (exact) mass is 451 g/mol. The van der Waals surface area contributed by atoms with Crippen LogP contribution in [0.4, 0.5) is 0 Å². The van der Waals surface area contributed by atoms with Crippen molar-refractivity contribution in [1.82, 2.24) is 15.1 Å². The van der Waals surface area contributed by atoms with Gasteiger partial charge in [0.25, 0.3) is 5.56 Å². The van der Waals surface area contributed by atoms with Gasteiger partial charge < -0.3 is 19.0 Å². The van der Waals surface area contributed by atoms with Crippen LogP contribution < -0.4 is 5.56 Å². The van der Waals surface area contributed by atoms with Crippen LogP contribution in [0.3, 0.4) is 0 Å². The molecule has 0 unspecified atom stereocenters. The maximum absolute atomic E-state index is 12.5. The summed E-state index contributed by atoms with van der Waals surface area (Å²) in [7, 11) is 0. The summed E-state index contributed by atoms with van der Waals surface area (Å²) in [4.78, 5) is 44.5. The zero-order valence-corrected chi connectivity index (χ0v) is 18.6. The number of esters is 2. The van der Waals surface area contributed by atoms with E-state index in [4.69, 9.17) is 14.0 Å². The lowest BCUT2D eigenvalue weighted by atomic mass is 10.2. The number of aromatic nitrogens is 3. The molecule has 3 aromatic rings. The minimum Gasteiger partial charge on any atom is -0.462 e. The Labute approximate surface area is 180 Å². The van der Waals surface area contributed by atoms with Gasteiger partial charge in [-0.25, -0.2) is 9.78 Å². The maximum Gasteiger partial charge on any atom is 0.348 e. The van der Waals surface area contributed by atoms with Crippen molar-refractivity contribution in [2.45, 2.75) is 40.1 Å². The molecule has 1 N–H and O–H groups in total. The second kappa shape index (κ2) is 9.43. The van der Waals surface area contributed by atoms with E-state index in [1.807, 2.05) is 0 Å². The van der Waals surface area contributed by atoms with Crippen molar-refractivity contribution < 1.29 is 23.6 Å². The number of hydrogen-bond donors (Lipinski definition) is 1. The standard InChI is InChI=1S/C19H21N3O6S2/c1-5-26-19(25)16-9(2)15-17(24)20-13(21-18(15)30-16)7-29-8-14(23)27-6-12-10(3)22-28-11(12)4/h5-8H2,1-4H3,(H,20,21,24). The number of carbonyl (C=O) groups excluding carboxylic acids is 2. The molecular weight excluding hydrogens is 430 g/mol. The molecule has 0 atom stereocenters. The molecule has 0 aliphatic heterocycles. The summed E-state index contributed by atoms with van der Waals surface area (Å²) in [5.41, 5.74) is 1.69. The van der Waals surface area contributed by atoms with Crippen LogP contribution in [-0.4, -0.2) is 39.4 Å². The lowest BCUT2D eigenvalue weighted by Gasteiger charge is -2.04. The Kier molecular flexibility index (Phi) is 6.93. The van der Waals surface area contributed by atoms with Crippen molar-refractivity contribution in [3.8, 4) is 0 Å². The highest BCUT2D eigenvalue weighted by Gasteiger charge is 2.20. The van der Waals surface area contributed by atoms with E-state index in [0.29, 0.717) is 43.7 Å². The number of rotatable bonds is 8. The molecule has 160 valence electrons. The average Bonchev–Trinajstić information content (AvgIpc) is 3.19. The van der Waals surface area contributed by atoms with Gasteiger partial charge in [-0.2, -0.15) is 0 Å². The highest BCUT2D eigenvalue weighted by atomic mass is 32.2. The van der Waals surface area contributed by atoms with E-state index in [1.165, 1.54) is 11.8 Å². The third-order valence-electron chi connectivity index (χ3n) is 4.33. The number of aryl methyl sites for hydroxylation is 3. The zero-order chi connectivity index (χ0) is 21.8. The molecule has 3 aromatic heterocycles. The Balaban J connectivity index is 1.61. The summed E-state index contributed by atoms with van der Waals surface area (Å²) in [5.74, 6) is 0.610. The predicted molar refractivity (Wildman–Crippen MR) is 113 cm³/mol. The lowest BCUT2D eigenvalue weighted by Crippen LogP contribution is -2.12. The molecule has 0 aliphatic rings. The van der Waals surface area contributed by atoms with E-state index < -0.39 is 5.97 Å². The number of nitrogens with one attached hydrogen (secondary N) is 1. The molecule has 3 heterocycles. The minimum absolute atomic E-state index is 0.0999. The highest BCUT2D eigenvalue weighted by molar-refractivity contribution is 7.99. The summed E-state index contributed by atoms with van der Waals surface area (Å²) in [6.45, 7) is 7.32. The number of thiophene rings is 1. The third-order valence-corrected chi connectivity index (χ3v) is 6.41. The first kappa shape index (κ1) is 22.0. The fourth-order valence-corrected chi connectivity index (χ4v) is 4.56. The number of H-pyrrole nitrogens is 1. The van der Waals surface area contributed by atoms with Crippen molar-refractivity contribution >= 4 is 45.3 Å². The Morgan fingerprint density at radius 3 is 2.67 bits per heavy atom. The van der Waals surface area contributed by atoms with E-state index in [2.05, 4.69) is 15.1 Å². The molecule has 0 amide bonds. The summed E-state index contributed by atoms with van der Waals surface area (Å²) >= 11 is 2.40. The Hall–Kier alpha value is -2.66. The first-order chi connectivity index (χ1) is 14.3. The van der Waals surface area contributed by atoms with Crippen molar-refractivity contribution in [1.29, 1.82) is 0 Å². The van der Waals surface area contributed by atoms with Crippen LogP contribution in [0, 0.1) is 20.8 Å². The van der Waals surface area contributed by atoms with Crippen LogP contribution >= 0.6 is 23.1 Å². The number of aromatic amines is 1. The fraction of sp³-hybridized carbons (Fsp3) is 0.421. The topological polar surface area (TPSA) is 124 Å². The quantitative estimate of drug-likeness (QED) is 0.514. The van der Waals surface area contributed by atoms with E-state index in [-0.39, 0.29) is 30.5 Å². The summed E-state index contributed by atoms with van der Waals surface area (Å²) in [6.07, 6.45) is 0. The van der Waals surface area contributed by atoms with Crippen molar-refractivity contribution in [2.75, 3.05) is 12.4 Å². The molecule has 0 saturated carbocycles. The number of hydrogen-bond acceptors (Lipinski definition) is 10. The predicted octanol–water partition coefficient (Wildman–Crippen LogP) is 3.05. The number of carbonyl (C=O) groups is 2. The molecule has 0 aromatic carbocycles. The van der Waals surface area contributed by atoms with Gasteiger partial charge in [0.2, 0.25) is 0 Å². The normalized spacial score (nSPS) is 11.1. The van der Waals surface area contributed by atoms with Gasteiger partial charge in [-0.3, -0.25) is 9.59 Å². The molecular formula is C19H21N3O6S2. The molecule has 0 saturated heterocycles. The van der Waals surface area contributed by atoms with Crippen molar-refractivity contribution in [3.05, 3.63) is 43.6 Å². The fourth-order valence-electron chi connectivity index (χ4n) is 2.78. The molecule has 11 heteroatoms. The van der Waals surface area contributed by atoms with Crippen LogP contribution in [0.2, 0.25) is 0 Å². The van der Waals surface area contributed by atoms with Gasteiger partial charge in [0.1, 0.15) is 27.9 Å². The Bertz CT molecular complexity index is 1130. The molecule has 9 nitrogen and oxygen atoms in total. The maximum atomic E-state index is 12.5. The van der Waals surface area contributed by atoms with Gasteiger partial charge in [0.15, 0.2) is 0 Å². The van der Waals surface area contributed by atoms with E-state index in [1.54, 1.807) is 27.7 Å². The number of nitrogens with zero attached hydrogens (tertiary/aromatic N) is 2. The van der Waals surface area contributed by atoms with Gasteiger partial charge in [0, 0.05) is 0 Å². The lowest BCUT2D eigenvalue weighted by molar-refractivity contribution is -0.141. The zero-order valence-electron chi connectivity index (χ0n) is 17.0. The van der Waals surface area contributed by atoms with Crippen molar-refractivity contribution in [2.24, 2.45) is 0 Å². The number of fused-ring (bicyclic) bond motifs is 1. The summed E-state index contributed by atoms with van der Waals surface area (Å²) in [6, 6.07) is 0. The van der Waals surface area contributed by atoms with E-state index in [0.717, 1.165) is 16.9 Å². The molecule has 0 fully saturated rings. The van der Waals surface area contributed by atoms with Crippen LogP contribution in [0.5, 0.6) is 0 Å². The molecule has 30 heavy (non-hydrogen) atoms. The Morgan fingerprint density at radius 2 is 2.00 bits per heavy atom.